The van der Waals surface area contributed by atoms with Crippen molar-refractivity contribution in [3.05, 3.63) is 0 Å². The fraction of sp³-hybridized carbons (Fsp3) is 0.750. The molecule has 0 aromatic carbocycles. The number of carbonyl (C=O) groups is 1. The predicted molar refractivity (Wildman–Crippen MR) is 65.1 cm³/mol. The number of ether oxygens (including phenoxy) is 1. The van der Waals surface area contributed by atoms with Crippen molar-refractivity contribution in [3.8, 4) is 11.8 Å². The summed E-state index contributed by atoms with van der Waals surface area (Å²) in [6, 6.07) is 0. The summed E-state index contributed by atoms with van der Waals surface area (Å²) in [5, 5.41) is 2.67. The fourth-order valence-corrected chi connectivity index (χ4v) is 1.07. The largest absolute Gasteiger partial charge is 0.372 e. The zero-order valence-electron chi connectivity index (χ0n) is 10.5. The number of hydrogen-bond donors (Lipinski definition) is 1. The number of carbonyl (C=O) groups excluding carboxylic acids is 1. The lowest BCUT2D eigenvalue weighted by Crippen LogP contribution is -2.28. The van der Waals surface area contributed by atoms with E-state index < -0.39 is 0 Å². The molecule has 0 aromatic rings. The van der Waals surface area contributed by atoms with Crippen LogP contribution in [0.4, 0.5) is 0 Å². The quantitative estimate of drug-likeness (QED) is 0.642. The molecule has 0 heterocycles. The van der Waals surface area contributed by atoms with Crippen molar-refractivity contribution < 1.29 is 9.53 Å². The van der Waals surface area contributed by atoms with Gasteiger partial charge in [0.05, 0.1) is 13.1 Å². The second-order valence-electron chi connectivity index (χ2n) is 3.23. The molecular formula is C12H22N2O2. The van der Waals surface area contributed by atoms with E-state index in [4.69, 9.17) is 4.74 Å². The number of hydrogen-bond acceptors (Lipinski definition) is 3. The minimum absolute atomic E-state index is 0.112. The Hall–Kier alpha value is -1.05. The monoisotopic (exact) mass is 226 g/mol. The molecule has 0 saturated heterocycles. The number of nitrogens with one attached hydrogen (secondary N) is 1. The van der Waals surface area contributed by atoms with Crippen LogP contribution >= 0.6 is 0 Å². The van der Waals surface area contributed by atoms with Gasteiger partial charge >= 0.3 is 0 Å². The highest BCUT2D eigenvalue weighted by Gasteiger charge is 1.97. The molecule has 0 aliphatic heterocycles. The summed E-state index contributed by atoms with van der Waals surface area (Å²) in [6.07, 6.45) is 0. The first-order chi connectivity index (χ1) is 7.74. The van der Waals surface area contributed by atoms with Gasteiger partial charge in [0, 0.05) is 6.61 Å². The van der Waals surface area contributed by atoms with Crippen LogP contribution in [0.3, 0.4) is 0 Å². The van der Waals surface area contributed by atoms with Crippen LogP contribution in [0.5, 0.6) is 0 Å². The lowest BCUT2D eigenvalue weighted by Gasteiger charge is -2.13. The Morgan fingerprint density at radius 3 is 2.50 bits per heavy atom. The van der Waals surface area contributed by atoms with Crippen molar-refractivity contribution in [3.63, 3.8) is 0 Å². The molecule has 0 fully saturated rings. The van der Waals surface area contributed by atoms with Gasteiger partial charge < -0.3 is 10.1 Å². The average molecular weight is 226 g/mol. The van der Waals surface area contributed by atoms with Crippen LogP contribution in [-0.2, 0) is 9.53 Å². The molecule has 4 heteroatoms. The van der Waals surface area contributed by atoms with Gasteiger partial charge in [0.2, 0.25) is 5.91 Å². The standard InChI is InChI=1S/C12H22N2O2/c1-4-14(5-2)10-8-7-9-13-12(15)11-16-6-3/h4-6,9-11H2,1-3H3,(H,13,15). The zero-order chi connectivity index (χ0) is 12.2. The molecule has 0 spiro atoms. The minimum Gasteiger partial charge on any atom is -0.372 e. The van der Waals surface area contributed by atoms with E-state index in [2.05, 4.69) is 35.9 Å². The van der Waals surface area contributed by atoms with Gasteiger partial charge in [-0.2, -0.15) is 0 Å². The van der Waals surface area contributed by atoms with Gasteiger partial charge in [-0.1, -0.05) is 25.7 Å². The number of nitrogens with zero attached hydrogens (tertiary/aromatic N) is 1. The fourth-order valence-electron chi connectivity index (χ4n) is 1.07. The van der Waals surface area contributed by atoms with Gasteiger partial charge in [0.25, 0.3) is 0 Å². The first-order valence-corrected chi connectivity index (χ1v) is 5.77. The van der Waals surface area contributed by atoms with E-state index in [1.54, 1.807) is 0 Å². The highest BCUT2D eigenvalue weighted by atomic mass is 16.5. The van der Waals surface area contributed by atoms with Gasteiger partial charge in [0.1, 0.15) is 6.61 Å². The summed E-state index contributed by atoms with van der Waals surface area (Å²) in [5.41, 5.74) is 0. The van der Waals surface area contributed by atoms with Crippen LogP contribution in [0, 0.1) is 11.8 Å². The second kappa shape index (κ2) is 10.5. The molecule has 0 radical (unpaired) electrons. The van der Waals surface area contributed by atoms with Crippen molar-refractivity contribution in [2.24, 2.45) is 0 Å². The van der Waals surface area contributed by atoms with Crippen LogP contribution < -0.4 is 5.32 Å². The molecule has 92 valence electrons. The molecule has 0 atom stereocenters. The summed E-state index contributed by atoms with van der Waals surface area (Å²) < 4.78 is 4.96. The normalized spacial score (nSPS) is 9.75. The van der Waals surface area contributed by atoms with Crippen LogP contribution in [0.2, 0.25) is 0 Å². The second-order valence-corrected chi connectivity index (χ2v) is 3.23. The Morgan fingerprint density at radius 1 is 1.25 bits per heavy atom. The lowest BCUT2D eigenvalue weighted by atomic mass is 10.4. The summed E-state index contributed by atoms with van der Waals surface area (Å²) in [4.78, 5) is 13.3. The molecule has 4 nitrogen and oxygen atoms in total. The van der Waals surface area contributed by atoms with Crippen molar-refractivity contribution in [1.29, 1.82) is 0 Å². The Bertz CT molecular complexity index is 239. The lowest BCUT2D eigenvalue weighted by molar-refractivity contribution is -0.125. The maximum Gasteiger partial charge on any atom is 0.246 e. The van der Waals surface area contributed by atoms with Gasteiger partial charge in [-0.25, -0.2) is 0 Å². The van der Waals surface area contributed by atoms with E-state index in [1.807, 2.05) is 6.92 Å². The van der Waals surface area contributed by atoms with Gasteiger partial charge in [-0.05, 0) is 20.0 Å². The first kappa shape index (κ1) is 14.9. The predicted octanol–water partition coefficient (Wildman–Crippen LogP) is 0.484. The van der Waals surface area contributed by atoms with E-state index in [0.717, 1.165) is 19.6 Å². The van der Waals surface area contributed by atoms with E-state index in [0.29, 0.717) is 13.2 Å². The summed E-state index contributed by atoms with van der Waals surface area (Å²) in [6.45, 7) is 9.90. The van der Waals surface area contributed by atoms with Gasteiger partial charge in [0.15, 0.2) is 0 Å². The van der Waals surface area contributed by atoms with E-state index >= 15 is 0 Å². The molecule has 1 N–H and O–H groups in total. The average Bonchev–Trinajstić information content (AvgIpc) is 2.31. The molecule has 0 aliphatic rings. The summed E-state index contributed by atoms with van der Waals surface area (Å²) >= 11 is 0. The third kappa shape index (κ3) is 8.27. The smallest absolute Gasteiger partial charge is 0.246 e. The highest BCUT2D eigenvalue weighted by Crippen LogP contribution is 1.83. The van der Waals surface area contributed by atoms with Crippen molar-refractivity contribution in [2.45, 2.75) is 20.8 Å². The molecule has 0 unspecified atom stereocenters. The van der Waals surface area contributed by atoms with Crippen LogP contribution in [0.15, 0.2) is 0 Å². The van der Waals surface area contributed by atoms with Crippen LogP contribution in [0.25, 0.3) is 0 Å². The van der Waals surface area contributed by atoms with Crippen molar-refractivity contribution in [2.75, 3.05) is 39.4 Å². The molecule has 0 bridgehead atoms. The van der Waals surface area contributed by atoms with Gasteiger partial charge in [-0.15, -0.1) is 0 Å². The van der Waals surface area contributed by atoms with Crippen LogP contribution in [0.1, 0.15) is 20.8 Å². The molecule has 0 aliphatic carbocycles. The zero-order valence-corrected chi connectivity index (χ0v) is 10.5. The van der Waals surface area contributed by atoms with E-state index in [1.165, 1.54) is 0 Å². The molecule has 1 amide bonds. The molecule has 16 heavy (non-hydrogen) atoms. The SMILES string of the molecule is CCOCC(=O)NCC#CCN(CC)CC. The summed E-state index contributed by atoms with van der Waals surface area (Å²) in [5.74, 6) is 5.82. The Labute approximate surface area is 98.3 Å². The summed E-state index contributed by atoms with van der Waals surface area (Å²) in [7, 11) is 0. The van der Waals surface area contributed by atoms with Crippen molar-refractivity contribution in [1.82, 2.24) is 10.2 Å². The third-order valence-corrected chi connectivity index (χ3v) is 2.13. The van der Waals surface area contributed by atoms with Gasteiger partial charge in [-0.3, -0.25) is 9.69 Å². The number of rotatable bonds is 7. The van der Waals surface area contributed by atoms with Crippen LogP contribution in [-0.4, -0.2) is 50.2 Å². The molecule has 0 saturated carbocycles. The Morgan fingerprint density at radius 2 is 1.94 bits per heavy atom. The highest BCUT2D eigenvalue weighted by molar-refractivity contribution is 5.77. The molecule has 0 rings (SSSR count). The number of amides is 1. The van der Waals surface area contributed by atoms with E-state index in [-0.39, 0.29) is 12.5 Å². The Balaban J connectivity index is 3.57. The maximum atomic E-state index is 11.1. The van der Waals surface area contributed by atoms with Crippen molar-refractivity contribution >= 4 is 5.91 Å². The molecular weight excluding hydrogens is 204 g/mol. The first-order valence-electron chi connectivity index (χ1n) is 5.77. The maximum absolute atomic E-state index is 11.1. The third-order valence-electron chi connectivity index (χ3n) is 2.13. The topological polar surface area (TPSA) is 41.6 Å². The minimum atomic E-state index is -0.112. The Kier molecular flexibility index (Phi) is 9.78. The van der Waals surface area contributed by atoms with E-state index in [9.17, 15) is 4.79 Å². The molecule has 0 aromatic heterocycles.